The molecule has 0 bridgehead atoms. The standard InChI is InChI=1S/C14H17FIN3O/c15-10-6-13-12(7-11(10)16)18-14(17)19(13)4-1-5-20-8-9-2-3-9/h6-7,9H,1-5,8H2,(H2,17,18). The van der Waals surface area contributed by atoms with Gasteiger partial charge in [0.1, 0.15) is 5.82 Å². The van der Waals surface area contributed by atoms with Gasteiger partial charge in [0, 0.05) is 25.8 Å². The van der Waals surface area contributed by atoms with Crippen LogP contribution in [0.2, 0.25) is 0 Å². The maximum Gasteiger partial charge on any atom is 0.201 e. The second-order valence-corrected chi connectivity index (χ2v) is 6.41. The number of nitrogens with two attached hydrogens (primary N) is 1. The first-order valence-electron chi connectivity index (χ1n) is 6.83. The van der Waals surface area contributed by atoms with Crippen LogP contribution in [-0.4, -0.2) is 22.8 Å². The second-order valence-electron chi connectivity index (χ2n) is 5.25. The lowest BCUT2D eigenvalue weighted by Gasteiger charge is -2.07. The fraction of sp³-hybridized carbons (Fsp3) is 0.500. The minimum absolute atomic E-state index is 0.232. The molecule has 20 heavy (non-hydrogen) atoms. The van der Waals surface area contributed by atoms with Crippen molar-refractivity contribution in [2.45, 2.75) is 25.8 Å². The summed E-state index contributed by atoms with van der Waals surface area (Å²) < 4.78 is 21.7. The molecule has 0 atom stereocenters. The van der Waals surface area contributed by atoms with Gasteiger partial charge in [-0.25, -0.2) is 9.37 Å². The van der Waals surface area contributed by atoms with Gasteiger partial charge in [-0.15, -0.1) is 0 Å². The number of anilines is 1. The van der Waals surface area contributed by atoms with E-state index in [-0.39, 0.29) is 5.82 Å². The molecule has 6 heteroatoms. The minimum atomic E-state index is -0.232. The zero-order valence-electron chi connectivity index (χ0n) is 11.1. The molecule has 3 rings (SSSR count). The highest BCUT2D eigenvalue weighted by Crippen LogP contribution is 2.28. The number of ether oxygens (including phenoxy) is 1. The third-order valence-electron chi connectivity index (χ3n) is 3.54. The Morgan fingerprint density at radius 1 is 1.45 bits per heavy atom. The molecular formula is C14H17FIN3O. The fourth-order valence-electron chi connectivity index (χ4n) is 2.23. The van der Waals surface area contributed by atoms with Crippen molar-refractivity contribution >= 4 is 39.6 Å². The van der Waals surface area contributed by atoms with Gasteiger partial charge in [0.25, 0.3) is 0 Å². The number of benzene rings is 1. The van der Waals surface area contributed by atoms with Gasteiger partial charge in [0.05, 0.1) is 14.6 Å². The molecule has 1 aliphatic rings. The summed E-state index contributed by atoms with van der Waals surface area (Å²) in [6.07, 6.45) is 3.46. The summed E-state index contributed by atoms with van der Waals surface area (Å²) in [5.74, 6) is 0.984. The summed E-state index contributed by atoms with van der Waals surface area (Å²) in [5, 5.41) is 0. The largest absolute Gasteiger partial charge is 0.381 e. The van der Waals surface area contributed by atoms with Gasteiger partial charge in [-0.3, -0.25) is 0 Å². The predicted molar refractivity (Wildman–Crippen MR) is 85.0 cm³/mol. The van der Waals surface area contributed by atoms with Crippen molar-refractivity contribution in [2.24, 2.45) is 5.92 Å². The third kappa shape index (κ3) is 3.06. The van der Waals surface area contributed by atoms with Crippen molar-refractivity contribution in [1.82, 2.24) is 9.55 Å². The van der Waals surface area contributed by atoms with Crippen molar-refractivity contribution in [3.63, 3.8) is 0 Å². The third-order valence-corrected chi connectivity index (χ3v) is 4.37. The van der Waals surface area contributed by atoms with Crippen LogP contribution in [0.15, 0.2) is 12.1 Å². The maximum atomic E-state index is 13.7. The average molecular weight is 389 g/mol. The summed E-state index contributed by atoms with van der Waals surface area (Å²) in [4.78, 5) is 4.28. The lowest BCUT2D eigenvalue weighted by Crippen LogP contribution is -2.07. The maximum absolute atomic E-state index is 13.7. The molecule has 1 fully saturated rings. The Kier molecular flexibility index (Phi) is 4.11. The molecule has 0 saturated heterocycles. The molecule has 0 amide bonds. The predicted octanol–water partition coefficient (Wildman–Crippen LogP) is 3.18. The molecule has 0 radical (unpaired) electrons. The van der Waals surface area contributed by atoms with Gasteiger partial charge >= 0.3 is 0 Å². The van der Waals surface area contributed by atoms with Crippen molar-refractivity contribution in [1.29, 1.82) is 0 Å². The lowest BCUT2D eigenvalue weighted by atomic mass is 10.3. The lowest BCUT2D eigenvalue weighted by molar-refractivity contribution is 0.119. The number of halogens is 2. The van der Waals surface area contributed by atoms with Crippen molar-refractivity contribution < 1.29 is 9.13 Å². The van der Waals surface area contributed by atoms with E-state index in [1.165, 1.54) is 18.9 Å². The highest BCUT2D eigenvalue weighted by Gasteiger charge is 2.20. The van der Waals surface area contributed by atoms with Gasteiger partial charge in [-0.05, 0) is 53.8 Å². The average Bonchev–Trinajstić information content (AvgIpc) is 3.17. The smallest absolute Gasteiger partial charge is 0.201 e. The summed E-state index contributed by atoms with van der Waals surface area (Å²) >= 11 is 1.96. The van der Waals surface area contributed by atoms with Gasteiger partial charge in [0.2, 0.25) is 5.95 Å². The molecule has 0 spiro atoms. The number of nitrogen functional groups attached to an aromatic ring is 1. The monoisotopic (exact) mass is 389 g/mol. The fourth-order valence-corrected chi connectivity index (χ4v) is 2.68. The molecular weight excluding hydrogens is 372 g/mol. The van der Waals surface area contributed by atoms with Gasteiger partial charge in [-0.2, -0.15) is 0 Å². The van der Waals surface area contributed by atoms with Crippen LogP contribution >= 0.6 is 22.6 Å². The van der Waals surface area contributed by atoms with Crippen LogP contribution < -0.4 is 5.73 Å². The van der Waals surface area contributed by atoms with E-state index in [2.05, 4.69) is 4.98 Å². The number of nitrogens with zero attached hydrogens (tertiary/aromatic N) is 2. The van der Waals surface area contributed by atoms with Crippen LogP contribution in [0.3, 0.4) is 0 Å². The molecule has 1 aromatic carbocycles. The van der Waals surface area contributed by atoms with E-state index in [0.717, 1.165) is 30.0 Å². The van der Waals surface area contributed by atoms with Gasteiger partial charge < -0.3 is 15.0 Å². The topological polar surface area (TPSA) is 53.1 Å². The first-order valence-corrected chi connectivity index (χ1v) is 7.91. The van der Waals surface area contributed by atoms with Crippen LogP contribution in [-0.2, 0) is 11.3 Å². The quantitative estimate of drug-likeness (QED) is 0.610. The molecule has 1 saturated carbocycles. The summed E-state index contributed by atoms with van der Waals surface area (Å²) in [6, 6.07) is 3.23. The molecule has 0 aliphatic heterocycles. The van der Waals surface area contributed by atoms with E-state index in [1.807, 2.05) is 27.2 Å². The number of hydrogen-bond acceptors (Lipinski definition) is 3. The normalized spacial score (nSPS) is 15.1. The first kappa shape index (κ1) is 14.1. The Balaban J connectivity index is 1.66. The molecule has 1 aliphatic carbocycles. The van der Waals surface area contributed by atoms with E-state index in [4.69, 9.17) is 10.5 Å². The van der Waals surface area contributed by atoms with Crippen LogP contribution in [0.1, 0.15) is 19.3 Å². The van der Waals surface area contributed by atoms with Crippen LogP contribution in [0, 0.1) is 15.3 Å². The Bertz CT molecular complexity index is 624. The van der Waals surface area contributed by atoms with E-state index >= 15 is 0 Å². The summed E-state index contributed by atoms with van der Waals surface area (Å²) in [6.45, 7) is 2.28. The number of aromatic nitrogens is 2. The molecule has 1 heterocycles. The van der Waals surface area contributed by atoms with Crippen LogP contribution in [0.4, 0.5) is 10.3 Å². The number of hydrogen-bond donors (Lipinski definition) is 1. The van der Waals surface area contributed by atoms with Gasteiger partial charge in [-0.1, -0.05) is 0 Å². The van der Waals surface area contributed by atoms with Gasteiger partial charge in [0.15, 0.2) is 0 Å². The molecule has 1 aromatic heterocycles. The number of rotatable bonds is 6. The van der Waals surface area contributed by atoms with Crippen molar-refractivity contribution in [3.05, 3.63) is 21.5 Å². The summed E-state index contributed by atoms with van der Waals surface area (Å²) in [5.41, 5.74) is 7.41. The highest BCUT2D eigenvalue weighted by molar-refractivity contribution is 14.1. The number of imidazole rings is 1. The van der Waals surface area contributed by atoms with Crippen molar-refractivity contribution in [2.75, 3.05) is 18.9 Å². The van der Waals surface area contributed by atoms with E-state index < -0.39 is 0 Å². The highest BCUT2D eigenvalue weighted by atomic mass is 127. The number of aryl methyl sites for hydroxylation is 1. The molecule has 108 valence electrons. The van der Waals surface area contributed by atoms with Crippen LogP contribution in [0.25, 0.3) is 11.0 Å². The summed E-state index contributed by atoms with van der Waals surface area (Å²) in [7, 11) is 0. The molecule has 2 aromatic rings. The second kappa shape index (κ2) is 5.85. The Labute approximate surface area is 130 Å². The molecule has 4 nitrogen and oxygen atoms in total. The zero-order valence-corrected chi connectivity index (χ0v) is 13.3. The number of fused-ring (bicyclic) bond motifs is 1. The molecule has 2 N–H and O–H groups in total. The SMILES string of the molecule is Nc1nc2cc(I)c(F)cc2n1CCCOCC1CC1. The van der Waals surface area contributed by atoms with Crippen LogP contribution in [0.5, 0.6) is 0 Å². The van der Waals surface area contributed by atoms with E-state index in [1.54, 1.807) is 6.07 Å². The van der Waals surface area contributed by atoms with E-state index in [0.29, 0.717) is 22.7 Å². The van der Waals surface area contributed by atoms with Crippen molar-refractivity contribution in [3.8, 4) is 0 Å². The minimum Gasteiger partial charge on any atom is -0.381 e. The first-order chi connectivity index (χ1) is 9.65. The zero-order chi connectivity index (χ0) is 14.1. The molecule has 0 unspecified atom stereocenters. The Hall–Kier alpha value is -0.890. The van der Waals surface area contributed by atoms with E-state index in [9.17, 15) is 4.39 Å². The Morgan fingerprint density at radius 3 is 3.00 bits per heavy atom. The Morgan fingerprint density at radius 2 is 2.25 bits per heavy atom.